The predicted octanol–water partition coefficient (Wildman–Crippen LogP) is 2.13. The topological polar surface area (TPSA) is 71.3 Å². The molecule has 2 rings (SSSR count). The normalized spacial score (nSPS) is 10.8. The van der Waals surface area contributed by atoms with E-state index in [2.05, 4.69) is 0 Å². The van der Waals surface area contributed by atoms with Crippen LogP contribution in [0.15, 0.2) is 29.1 Å². The molecule has 1 amide bonds. The van der Waals surface area contributed by atoms with Gasteiger partial charge in [0.1, 0.15) is 0 Å². The van der Waals surface area contributed by atoms with Crippen LogP contribution < -0.4 is 11.0 Å². The molecule has 19 heavy (non-hydrogen) atoms. The molecule has 102 valence electrons. The van der Waals surface area contributed by atoms with E-state index in [-0.39, 0.29) is 11.5 Å². The zero-order valence-corrected chi connectivity index (χ0v) is 11.3. The van der Waals surface area contributed by atoms with E-state index in [0.717, 1.165) is 22.9 Å². The van der Waals surface area contributed by atoms with E-state index in [4.69, 9.17) is 5.21 Å². The van der Waals surface area contributed by atoms with Gasteiger partial charge >= 0.3 is 0 Å². The molecule has 0 aliphatic rings. The van der Waals surface area contributed by atoms with Crippen LogP contribution in [0.3, 0.4) is 0 Å². The highest BCUT2D eigenvalue weighted by molar-refractivity contribution is 7.13. The van der Waals surface area contributed by atoms with E-state index < -0.39 is 0 Å². The van der Waals surface area contributed by atoms with Crippen molar-refractivity contribution in [3.05, 3.63) is 34.6 Å². The van der Waals surface area contributed by atoms with Crippen LogP contribution in [0.2, 0.25) is 0 Å². The summed E-state index contributed by atoms with van der Waals surface area (Å²) in [4.78, 5) is 22.8. The van der Waals surface area contributed by atoms with Gasteiger partial charge in [-0.25, -0.2) is 5.48 Å². The van der Waals surface area contributed by atoms with E-state index in [1.165, 1.54) is 11.5 Å². The molecule has 2 aromatic rings. The molecule has 0 aliphatic carbocycles. The molecule has 0 fully saturated rings. The Kier molecular flexibility index (Phi) is 4.70. The number of hydrogen-bond donors (Lipinski definition) is 2. The number of rotatable bonds is 6. The highest BCUT2D eigenvalue weighted by Crippen LogP contribution is 2.16. The summed E-state index contributed by atoms with van der Waals surface area (Å²) < 4.78 is 2.77. The van der Waals surface area contributed by atoms with Gasteiger partial charge in [-0.3, -0.25) is 18.8 Å². The summed E-state index contributed by atoms with van der Waals surface area (Å²) in [6, 6.07) is 7.59. The molecule has 1 heterocycles. The third kappa shape index (κ3) is 3.42. The first-order valence-electron chi connectivity index (χ1n) is 6.24. The average molecular weight is 280 g/mol. The molecule has 0 saturated carbocycles. The second-order valence-electron chi connectivity index (χ2n) is 4.34. The van der Waals surface area contributed by atoms with Gasteiger partial charge in [0.2, 0.25) is 5.91 Å². The molecule has 0 bridgehead atoms. The maximum Gasteiger partial charge on any atom is 0.268 e. The summed E-state index contributed by atoms with van der Waals surface area (Å²) in [6.07, 6.45) is 2.74. The molecule has 0 saturated heterocycles. The van der Waals surface area contributed by atoms with Crippen LogP contribution in [-0.2, 0) is 11.3 Å². The predicted molar refractivity (Wildman–Crippen MR) is 74.5 cm³/mol. The van der Waals surface area contributed by atoms with E-state index in [1.807, 2.05) is 24.3 Å². The highest BCUT2D eigenvalue weighted by atomic mass is 32.1. The van der Waals surface area contributed by atoms with Gasteiger partial charge in [-0.05, 0) is 25.0 Å². The molecular formula is C13H16N2O3S. The fourth-order valence-corrected chi connectivity index (χ4v) is 2.97. The lowest BCUT2D eigenvalue weighted by Crippen LogP contribution is -2.18. The van der Waals surface area contributed by atoms with Crippen molar-refractivity contribution in [2.45, 2.75) is 32.2 Å². The molecular weight excluding hydrogens is 264 g/mol. The molecule has 2 N–H and O–H groups in total. The number of amides is 1. The van der Waals surface area contributed by atoms with Crippen molar-refractivity contribution < 1.29 is 10.0 Å². The summed E-state index contributed by atoms with van der Waals surface area (Å²) >= 11 is 1.48. The number of carbonyl (C=O) groups is 1. The number of aromatic nitrogens is 1. The second-order valence-corrected chi connectivity index (χ2v) is 5.40. The Hall–Kier alpha value is -1.66. The lowest BCUT2D eigenvalue weighted by Gasteiger charge is -2.00. The number of carbonyl (C=O) groups excluding carboxylic acids is 1. The van der Waals surface area contributed by atoms with Gasteiger partial charge < -0.3 is 0 Å². The minimum Gasteiger partial charge on any atom is -0.289 e. The number of benzene rings is 1. The van der Waals surface area contributed by atoms with Crippen LogP contribution in [0, 0.1) is 0 Å². The third-order valence-electron chi connectivity index (χ3n) is 2.94. The first-order chi connectivity index (χ1) is 9.22. The molecule has 1 aromatic heterocycles. The summed E-state index contributed by atoms with van der Waals surface area (Å²) in [7, 11) is 0. The highest BCUT2D eigenvalue weighted by Gasteiger charge is 2.06. The van der Waals surface area contributed by atoms with Crippen LogP contribution in [-0.4, -0.2) is 15.1 Å². The van der Waals surface area contributed by atoms with Crippen molar-refractivity contribution in [1.82, 2.24) is 9.44 Å². The molecule has 0 radical (unpaired) electrons. The maximum atomic E-state index is 12.0. The molecule has 5 nitrogen and oxygen atoms in total. The lowest BCUT2D eigenvalue weighted by molar-refractivity contribution is -0.129. The van der Waals surface area contributed by atoms with Crippen molar-refractivity contribution in [3.8, 4) is 0 Å². The van der Waals surface area contributed by atoms with Crippen LogP contribution in [0.5, 0.6) is 0 Å². The van der Waals surface area contributed by atoms with Gasteiger partial charge in [0, 0.05) is 13.0 Å². The van der Waals surface area contributed by atoms with Gasteiger partial charge in [-0.1, -0.05) is 30.1 Å². The number of aryl methyl sites for hydroxylation is 1. The lowest BCUT2D eigenvalue weighted by atomic mass is 10.2. The monoisotopic (exact) mass is 280 g/mol. The summed E-state index contributed by atoms with van der Waals surface area (Å²) in [5, 5.41) is 9.11. The number of unbranched alkanes of at least 4 members (excludes halogenated alkanes) is 2. The van der Waals surface area contributed by atoms with Crippen LogP contribution in [0.25, 0.3) is 10.1 Å². The quantitative estimate of drug-likeness (QED) is 0.484. The standard InChI is InChI=1S/C13H16N2O3S/c16-12(14-18)8-2-1-5-9-15-13(17)10-6-3-4-7-11(10)19-15/h3-4,6-7,18H,1-2,5,8-9H2,(H,14,16). The number of hydroxylamine groups is 1. The Morgan fingerprint density at radius 2 is 2.05 bits per heavy atom. The largest absolute Gasteiger partial charge is 0.289 e. The zero-order chi connectivity index (χ0) is 13.7. The van der Waals surface area contributed by atoms with Crippen molar-refractivity contribution in [1.29, 1.82) is 0 Å². The third-order valence-corrected chi connectivity index (χ3v) is 4.06. The minimum atomic E-state index is -0.362. The molecule has 0 unspecified atom stereocenters. The van der Waals surface area contributed by atoms with E-state index in [0.29, 0.717) is 19.4 Å². The van der Waals surface area contributed by atoms with Gasteiger partial charge in [0.15, 0.2) is 0 Å². The Labute approximate surface area is 114 Å². The smallest absolute Gasteiger partial charge is 0.268 e. The summed E-state index contributed by atoms with van der Waals surface area (Å²) in [6.45, 7) is 0.679. The van der Waals surface area contributed by atoms with Gasteiger partial charge in [-0.2, -0.15) is 0 Å². The van der Waals surface area contributed by atoms with Gasteiger partial charge in [0.05, 0.1) is 10.1 Å². The summed E-state index contributed by atoms with van der Waals surface area (Å²) in [5.74, 6) is -0.362. The Morgan fingerprint density at radius 3 is 2.79 bits per heavy atom. The van der Waals surface area contributed by atoms with E-state index >= 15 is 0 Å². The number of fused-ring (bicyclic) bond motifs is 1. The SMILES string of the molecule is O=C(CCCCCn1sc2ccccc2c1=O)NO. The van der Waals surface area contributed by atoms with E-state index in [9.17, 15) is 9.59 Å². The molecule has 6 heteroatoms. The zero-order valence-electron chi connectivity index (χ0n) is 10.5. The Bertz CT molecular complexity index is 618. The molecule has 0 atom stereocenters. The Morgan fingerprint density at radius 1 is 1.26 bits per heavy atom. The van der Waals surface area contributed by atoms with Crippen molar-refractivity contribution in [2.75, 3.05) is 0 Å². The van der Waals surface area contributed by atoms with Crippen molar-refractivity contribution in [3.63, 3.8) is 0 Å². The number of nitrogens with one attached hydrogen (secondary N) is 1. The van der Waals surface area contributed by atoms with Crippen molar-refractivity contribution >= 4 is 27.5 Å². The van der Waals surface area contributed by atoms with Crippen molar-refractivity contribution in [2.24, 2.45) is 0 Å². The first kappa shape index (κ1) is 13.8. The fourth-order valence-electron chi connectivity index (χ4n) is 1.94. The number of hydrogen-bond acceptors (Lipinski definition) is 4. The minimum absolute atomic E-state index is 0.0636. The second kappa shape index (κ2) is 6.49. The van der Waals surface area contributed by atoms with Gasteiger partial charge in [0.25, 0.3) is 5.56 Å². The van der Waals surface area contributed by atoms with Crippen LogP contribution in [0.1, 0.15) is 25.7 Å². The van der Waals surface area contributed by atoms with Crippen LogP contribution in [0.4, 0.5) is 0 Å². The maximum absolute atomic E-state index is 12.0. The average Bonchev–Trinajstić information content (AvgIpc) is 2.75. The van der Waals surface area contributed by atoms with Crippen LogP contribution >= 0.6 is 11.5 Å². The number of nitrogens with zero attached hydrogens (tertiary/aromatic N) is 1. The molecule has 0 spiro atoms. The first-order valence-corrected chi connectivity index (χ1v) is 7.01. The summed E-state index contributed by atoms with van der Waals surface area (Å²) in [5.41, 5.74) is 1.67. The molecule has 0 aliphatic heterocycles. The van der Waals surface area contributed by atoms with Gasteiger partial charge in [-0.15, -0.1) is 0 Å². The Balaban J connectivity index is 1.87. The van der Waals surface area contributed by atoms with E-state index in [1.54, 1.807) is 9.44 Å². The molecule has 1 aromatic carbocycles. The fraction of sp³-hybridized carbons (Fsp3) is 0.385.